The Hall–Kier alpha value is -2.01. The zero-order valence-electron chi connectivity index (χ0n) is 13.5. The van der Waals surface area contributed by atoms with Crippen molar-refractivity contribution in [2.45, 2.75) is 12.6 Å². The van der Waals surface area contributed by atoms with Crippen molar-refractivity contribution in [2.24, 2.45) is 0 Å². The first-order valence-electron chi connectivity index (χ1n) is 7.92. The van der Waals surface area contributed by atoms with E-state index in [4.69, 9.17) is 32.7 Å². The fourth-order valence-corrected chi connectivity index (χ4v) is 2.99. The van der Waals surface area contributed by atoms with Gasteiger partial charge in [-0.15, -0.1) is 0 Å². The Morgan fingerprint density at radius 2 is 1.88 bits per heavy atom. The molecule has 0 aliphatic rings. The summed E-state index contributed by atoms with van der Waals surface area (Å²) in [6.07, 6.45) is 5.15. The van der Waals surface area contributed by atoms with E-state index in [0.29, 0.717) is 29.8 Å². The summed E-state index contributed by atoms with van der Waals surface area (Å²) in [5.74, 6) is 0.821. The molecule has 0 bridgehead atoms. The van der Waals surface area contributed by atoms with Gasteiger partial charge in [0.2, 0.25) is 0 Å². The van der Waals surface area contributed by atoms with Crippen LogP contribution in [-0.4, -0.2) is 22.8 Å². The fourth-order valence-electron chi connectivity index (χ4n) is 2.46. The van der Waals surface area contributed by atoms with Crippen LogP contribution in [0.4, 0.5) is 0 Å². The van der Waals surface area contributed by atoms with Crippen molar-refractivity contribution in [3.05, 3.63) is 82.9 Å². The molecule has 2 aromatic carbocycles. The molecular formula is C19H18Cl2N2O2. The monoisotopic (exact) mass is 376 g/mol. The smallest absolute Gasteiger partial charge is 0.119 e. The van der Waals surface area contributed by atoms with E-state index in [0.717, 1.165) is 11.3 Å². The number of hydrogen-bond donors (Lipinski definition) is 0. The molecular weight excluding hydrogens is 359 g/mol. The molecule has 1 heterocycles. The molecule has 6 heteroatoms. The molecule has 3 aromatic rings. The number of imidazole rings is 1. The van der Waals surface area contributed by atoms with Crippen LogP contribution in [0.1, 0.15) is 11.7 Å². The molecule has 25 heavy (non-hydrogen) atoms. The van der Waals surface area contributed by atoms with E-state index in [9.17, 15) is 0 Å². The molecule has 130 valence electrons. The summed E-state index contributed by atoms with van der Waals surface area (Å²) in [7, 11) is 0. The molecule has 0 saturated heterocycles. The van der Waals surface area contributed by atoms with Gasteiger partial charge in [-0.25, -0.2) is 4.98 Å². The van der Waals surface area contributed by atoms with Gasteiger partial charge >= 0.3 is 0 Å². The largest absolute Gasteiger partial charge is 0.491 e. The molecule has 4 nitrogen and oxygen atoms in total. The Balaban J connectivity index is 1.64. The van der Waals surface area contributed by atoms with E-state index >= 15 is 0 Å². The van der Waals surface area contributed by atoms with Gasteiger partial charge in [-0.1, -0.05) is 47.5 Å². The maximum Gasteiger partial charge on any atom is 0.119 e. The summed E-state index contributed by atoms with van der Waals surface area (Å²) in [5.41, 5.74) is 0.888. The summed E-state index contributed by atoms with van der Waals surface area (Å²) in [6, 6.07) is 15.1. The molecule has 0 saturated carbocycles. The molecule has 0 fully saturated rings. The summed E-state index contributed by atoms with van der Waals surface area (Å²) >= 11 is 12.4. The molecule has 0 aliphatic heterocycles. The van der Waals surface area contributed by atoms with Crippen LogP contribution in [0.15, 0.2) is 67.3 Å². The first-order valence-corrected chi connectivity index (χ1v) is 8.68. The second-order valence-electron chi connectivity index (χ2n) is 5.45. The highest BCUT2D eigenvalue weighted by atomic mass is 35.5. The number of rotatable bonds is 8. The van der Waals surface area contributed by atoms with Gasteiger partial charge in [-0.2, -0.15) is 0 Å². The first kappa shape index (κ1) is 17.8. The van der Waals surface area contributed by atoms with Gasteiger partial charge in [0.25, 0.3) is 0 Å². The van der Waals surface area contributed by atoms with Crippen molar-refractivity contribution in [1.82, 2.24) is 9.55 Å². The number of nitrogens with zero attached hydrogens (tertiary/aromatic N) is 2. The molecule has 0 amide bonds. The maximum absolute atomic E-state index is 6.35. The Bertz CT molecular complexity index is 779. The highest BCUT2D eigenvalue weighted by Crippen LogP contribution is 2.29. The van der Waals surface area contributed by atoms with Gasteiger partial charge in [-0.05, 0) is 24.3 Å². The van der Waals surface area contributed by atoms with Crippen molar-refractivity contribution in [3.8, 4) is 5.75 Å². The third kappa shape index (κ3) is 5.23. The lowest BCUT2D eigenvalue weighted by molar-refractivity contribution is 0.0227. The lowest BCUT2D eigenvalue weighted by Gasteiger charge is -2.20. The summed E-state index contributed by atoms with van der Waals surface area (Å²) in [6.45, 7) is 1.50. The molecule has 1 atom stereocenters. The third-order valence-corrected chi connectivity index (χ3v) is 4.22. The molecule has 0 radical (unpaired) electrons. The number of aromatic nitrogens is 2. The average molecular weight is 377 g/mol. The predicted octanol–water partition coefficient (Wildman–Crippen LogP) is 5.03. The highest BCUT2D eigenvalue weighted by molar-refractivity contribution is 6.35. The van der Waals surface area contributed by atoms with Crippen LogP contribution in [-0.2, 0) is 11.3 Å². The number of benzene rings is 2. The lowest BCUT2D eigenvalue weighted by atomic mass is 10.1. The van der Waals surface area contributed by atoms with Crippen LogP contribution in [0.25, 0.3) is 0 Å². The van der Waals surface area contributed by atoms with Gasteiger partial charge < -0.3 is 14.0 Å². The molecule has 1 aromatic heterocycles. The van der Waals surface area contributed by atoms with E-state index in [1.165, 1.54) is 0 Å². The standard InChI is InChI=1S/C19H18Cl2N2O2/c20-15-6-7-17(18(21)12-15)19(13-23-9-8-22-14-23)25-11-10-24-16-4-2-1-3-5-16/h1-9,12,14,19H,10-11,13H2. The average Bonchev–Trinajstić information content (AvgIpc) is 3.12. The van der Waals surface area contributed by atoms with E-state index in [-0.39, 0.29) is 6.10 Å². The highest BCUT2D eigenvalue weighted by Gasteiger charge is 2.16. The molecule has 3 rings (SSSR count). The topological polar surface area (TPSA) is 36.3 Å². The van der Waals surface area contributed by atoms with Crippen LogP contribution in [0.3, 0.4) is 0 Å². The van der Waals surface area contributed by atoms with Crippen LogP contribution in [0.5, 0.6) is 5.75 Å². The van der Waals surface area contributed by atoms with E-state index in [1.807, 2.05) is 53.2 Å². The second-order valence-corrected chi connectivity index (χ2v) is 6.29. The van der Waals surface area contributed by atoms with Crippen molar-refractivity contribution in [2.75, 3.05) is 13.2 Å². The minimum Gasteiger partial charge on any atom is -0.491 e. The number of hydrogen-bond acceptors (Lipinski definition) is 3. The fraction of sp³-hybridized carbons (Fsp3) is 0.211. The second kappa shape index (κ2) is 8.90. The molecule has 1 unspecified atom stereocenters. The van der Waals surface area contributed by atoms with E-state index in [2.05, 4.69) is 4.98 Å². The minimum absolute atomic E-state index is 0.224. The minimum atomic E-state index is -0.224. The number of halogens is 2. The molecule has 0 spiro atoms. The zero-order valence-corrected chi connectivity index (χ0v) is 15.0. The van der Waals surface area contributed by atoms with Crippen molar-refractivity contribution in [3.63, 3.8) is 0 Å². The lowest BCUT2D eigenvalue weighted by Crippen LogP contribution is -2.16. The Kier molecular flexibility index (Phi) is 6.34. The van der Waals surface area contributed by atoms with Crippen molar-refractivity contribution in [1.29, 1.82) is 0 Å². The quantitative estimate of drug-likeness (QED) is 0.517. The van der Waals surface area contributed by atoms with E-state index < -0.39 is 0 Å². The Labute approximate surface area is 156 Å². The Morgan fingerprint density at radius 1 is 1.04 bits per heavy atom. The summed E-state index contributed by atoms with van der Waals surface area (Å²) < 4.78 is 13.7. The summed E-state index contributed by atoms with van der Waals surface area (Å²) in [4.78, 5) is 4.07. The third-order valence-electron chi connectivity index (χ3n) is 3.66. The van der Waals surface area contributed by atoms with Gasteiger partial charge in [0.15, 0.2) is 0 Å². The van der Waals surface area contributed by atoms with Crippen LogP contribution >= 0.6 is 23.2 Å². The van der Waals surface area contributed by atoms with Gasteiger partial charge in [0, 0.05) is 28.0 Å². The Morgan fingerprint density at radius 3 is 2.60 bits per heavy atom. The summed E-state index contributed by atoms with van der Waals surface area (Å²) in [5, 5.41) is 1.18. The van der Waals surface area contributed by atoms with Gasteiger partial charge in [0.1, 0.15) is 18.5 Å². The predicted molar refractivity (Wildman–Crippen MR) is 99.3 cm³/mol. The van der Waals surface area contributed by atoms with Crippen LogP contribution in [0.2, 0.25) is 10.0 Å². The van der Waals surface area contributed by atoms with Crippen LogP contribution < -0.4 is 4.74 Å². The zero-order chi connectivity index (χ0) is 17.5. The maximum atomic E-state index is 6.35. The van der Waals surface area contributed by atoms with E-state index in [1.54, 1.807) is 18.6 Å². The van der Waals surface area contributed by atoms with Crippen molar-refractivity contribution >= 4 is 23.2 Å². The SMILES string of the molecule is Clc1ccc(C(Cn2ccnc2)OCCOc2ccccc2)c(Cl)c1. The molecule has 0 aliphatic carbocycles. The first-order chi connectivity index (χ1) is 12.2. The van der Waals surface area contributed by atoms with Crippen molar-refractivity contribution < 1.29 is 9.47 Å². The van der Waals surface area contributed by atoms with Gasteiger partial charge in [-0.3, -0.25) is 0 Å². The van der Waals surface area contributed by atoms with Crippen LogP contribution in [0, 0.1) is 0 Å². The van der Waals surface area contributed by atoms with Gasteiger partial charge in [0.05, 0.1) is 19.5 Å². The number of para-hydroxylation sites is 1. The normalized spacial score (nSPS) is 12.1. The molecule has 0 N–H and O–H groups in total. The number of ether oxygens (including phenoxy) is 2.